The van der Waals surface area contributed by atoms with Crippen molar-refractivity contribution >= 4 is 38.7 Å². The average Bonchev–Trinajstić information content (AvgIpc) is 2.92. The van der Waals surface area contributed by atoms with Gasteiger partial charge in [0.1, 0.15) is 9.09 Å². The summed E-state index contributed by atoms with van der Waals surface area (Å²) >= 11 is 2.32. The molecule has 0 radical (unpaired) electrons. The van der Waals surface area contributed by atoms with Gasteiger partial charge in [0.15, 0.2) is 0 Å². The zero-order chi connectivity index (χ0) is 15.8. The molecule has 21 heavy (non-hydrogen) atoms. The SMILES string of the molecule is Cc1cc(CNS(=O)(=O)c2cc(C)c(C(=O)O)s2)sc1C. The van der Waals surface area contributed by atoms with E-state index in [-0.39, 0.29) is 15.6 Å². The topological polar surface area (TPSA) is 83.5 Å². The second-order valence-electron chi connectivity index (χ2n) is 4.66. The van der Waals surface area contributed by atoms with Gasteiger partial charge in [-0.3, -0.25) is 0 Å². The number of sulfonamides is 1. The second-order valence-corrected chi connectivity index (χ2v) is 9.05. The molecule has 0 saturated carbocycles. The third-order valence-corrected chi connectivity index (χ3v) is 7.26. The molecule has 0 aliphatic carbocycles. The smallest absolute Gasteiger partial charge is 0.346 e. The van der Waals surface area contributed by atoms with Crippen molar-refractivity contribution in [1.82, 2.24) is 4.72 Å². The summed E-state index contributed by atoms with van der Waals surface area (Å²) in [5, 5.41) is 8.98. The Hall–Kier alpha value is -1.22. The zero-order valence-electron chi connectivity index (χ0n) is 11.8. The fourth-order valence-corrected chi connectivity index (χ4v) is 5.29. The van der Waals surface area contributed by atoms with Crippen molar-refractivity contribution in [3.63, 3.8) is 0 Å². The lowest BCUT2D eigenvalue weighted by Gasteiger charge is -2.02. The summed E-state index contributed by atoms with van der Waals surface area (Å²) in [7, 11) is -3.69. The number of aryl methyl sites for hydroxylation is 3. The molecule has 2 heterocycles. The van der Waals surface area contributed by atoms with E-state index in [1.807, 2.05) is 19.9 Å². The van der Waals surface area contributed by atoms with Crippen LogP contribution < -0.4 is 4.72 Å². The number of carboxylic acids is 1. The van der Waals surface area contributed by atoms with E-state index in [2.05, 4.69) is 4.72 Å². The van der Waals surface area contributed by atoms with Gasteiger partial charge in [-0.05, 0) is 44.0 Å². The third-order valence-electron chi connectivity index (χ3n) is 3.01. The van der Waals surface area contributed by atoms with Crippen molar-refractivity contribution in [3.05, 3.63) is 37.9 Å². The van der Waals surface area contributed by atoms with Crippen LogP contribution in [-0.4, -0.2) is 19.5 Å². The minimum atomic E-state index is -3.69. The van der Waals surface area contributed by atoms with Gasteiger partial charge in [0.05, 0.1) is 0 Å². The lowest BCUT2D eigenvalue weighted by molar-refractivity contribution is 0.0701. The number of aromatic carboxylic acids is 1. The molecule has 0 aromatic carbocycles. The molecule has 0 amide bonds. The maximum atomic E-state index is 12.2. The monoisotopic (exact) mass is 345 g/mol. The van der Waals surface area contributed by atoms with Gasteiger partial charge in [0, 0.05) is 16.3 Å². The van der Waals surface area contributed by atoms with Crippen LogP contribution in [0.25, 0.3) is 0 Å². The van der Waals surface area contributed by atoms with E-state index in [0.717, 1.165) is 26.7 Å². The van der Waals surface area contributed by atoms with E-state index < -0.39 is 16.0 Å². The minimum Gasteiger partial charge on any atom is -0.477 e. The molecule has 0 fully saturated rings. The van der Waals surface area contributed by atoms with Crippen molar-refractivity contribution in [2.24, 2.45) is 0 Å². The molecule has 0 unspecified atom stereocenters. The Morgan fingerprint density at radius 2 is 1.86 bits per heavy atom. The van der Waals surface area contributed by atoms with E-state index >= 15 is 0 Å². The van der Waals surface area contributed by atoms with Crippen LogP contribution in [0.1, 0.15) is 30.6 Å². The van der Waals surface area contributed by atoms with Crippen LogP contribution in [0.15, 0.2) is 16.3 Å². The molecule has 0 aliphatic rings. The molecule has 2 rings (SSSR count). The molecule has 2 aromatic rings. The van der Waals surface area contributed by atoms with Crippen LogP contribution >= 0.6 is 22.7 Å². The van der Waals surface area contributed by atoms with Gasteiger partial charge >= 0.3 is 5.97 Å². The Kier molecular flexibility index (Phi) is 4.52. The summed E-state index contributed by atoms with van der Waals surface area (Å²) < 4.78 is 26.9. The van der Waals surface area contributed by atoms with Crippen LogP contribution in [-0.2, 0) is 16.6 Å². The van der Waals surface area contributed by atoms with Crippen LogP contribution in [0, 0.1) is 20.8 Å². The first-order valence-electron chi connectivity index (χ1n) is 6.10. The first-order valence-corrected chi connectivity index (χ1v) is 9.21. The Balaban J connectivity index is 2.18. The molecular formula is C13H15NO4S3. The van der Waals surface area contributed by atoms with Crippen molar-refractivity contribution < 1.29 is 18.3 Å². The number of carboxylic acid groups (broad SMARTS) is 1. The number of carbonyl (C=O) groups is 1. The summed E-state index contributed by atoms with van der Waals surface area (Å²) in [6.45, 7) is 5.76. The van der Waals surface area contributed by atoms with Crippen LogP contribution in [0.5, 0.6) is 0 Å². The van der Waals surface area contributed by atoms with Gasteiger partial charge in [0.25, 0.3) is 0 Å². The molecule has 8 heteroatoms. The van der Waals surface area contributed by atoms with Gasteiger partial charge in [-0.1, -0.05) is 0 Å². The number of nitrogens with one attached hydrogen (secondary N) is 1. The van der Waals surface area contributed by atoms with Crippen LogP contribution in [0.4, 0.5) is 0 Å². The van der Waals surface area contributed by atoms with Gasteiger partial charge in [0.2, 0.25) is 10.0 Å². The highest BCUT2D eigenvalue weighted by Crippen LogP contribution is 2.26. The molecule has 0 spiro atoms. The predicted octanol–water partition coefficient (Wildman–Crippen LogP) is 2.91. The molecule has 2 N–H and O–H groups in total. The van der Waals surface area contributed by atoms with Crippen molar-refractivity contribution in [3.8, 4) is 0 Å². The summed E-state index contributed by atoms with van der Waals surface area (Å²) in [5.74, 6) is -1.11. The summed E-state index contributed by atoms with van der Waals surface area (Å²) in [4.78, 5) is 13.1. The largest absolute Gasteiger partial charge is 0.477 e. The number of hydrogen-bond donors (Lipinski definition) is 2. The standard InChI is InChI=1S/C13H15NO4S3/c1-7-4-10(19-9(7)3)6-14-21(17,18)11-5-8(2)12(20-11)13(15)16/h4-5,14H,6H2,1-3H3,(H,15,16). The lowest BCUT2D eigenvalue weighted by atomic mass is 10.3. The Labute approximate surface area is 131 Å². The minimum absolute atomic E-state index is 0.0300. The van der Waals surface area contributed by atoms with Gasteiger partial charge in [-0.25, -0.2) is 17.9 Å². The van der Waals surface area contributed by atoms with Crippen molar-refractivity contribution in [2.75, 3.05) is 0 Å². The molecule has 0 aliphatic heterocycles. The lowest BCUT2D eigenvalue weighted by Crippen LogP contribution is -2.21. The second kappa shape index (κ2) is 5.88. The highest BCUT2D eigenvalue weighted by Gasteiger charge is 2.21. The van der Waals surface area contributed by atoms with Gasteiger partial charge in [-0.2, -0.15) is 0 Å². The van der Waals surface area contributed by atoms with Crippen molar-refractivity contribution in [2.45, 2.75) is 31.5 Å². The van der Waals surface area contributed by atoms with E-state index in [1.165, 1.54) is 6.07 Å². The maximum absolute atomic E-state index is 12.2. The fourth-order valence-electron chi connectivity index (χ4n) is 1.77. The molecular weight excluding hydrogens is 330 g/mol. The normalized spacial score (nSPS) is 11.8. The number of hydrogen-bond acceptors (Lipinski definition) is 5. The summed E-state index contributed by atoms with van der Waals surface area (Å²) in [5.41, 5.74) is 1.59. The summed E-state index contributed by atoms with van der Waals surface area (Å²) in [6.07, 6.45) is 0. The summed E-state index contributed by atoms with van der Waals surface area (Å²) in [6, 6.07) is 3.34. The number of rotatable bonds is 5. The Morgan fingerprint density at radius 3 is 2.33 bits per heavy atom. The molecule has 114 valence electrons. The van der Waals surface area contributed by atoms with Crippen LogP contribution in [0.3, 0.4) is 0 Å². The van der Waals surface area contributed by atoms with E-state index in [9.17, 15) is 13.2 Å². The first-order chi connectivity index (χ1) is 9.70. The zero-order valence-corrected chi connectivity index (χ0v) is 14.2. The highest BCUT2D eigenvalue weighted by atomic mass is 32.2. The van der Waals surface area contributed by atoms with Gasteiger partial charge in [-0.15, -0.1) is 22.7 Å². The fraction of sp³-hybridized carbons (Fsp3) is 0.308. The molecule has 0 saturated heterocycles. The molecule has 0 atom stereocenters. The predicted molar refractivity (Wildman–Crippen MR) is 83.8 cm³/mol. The Bertz CT molecular complexity index is 767. The van der Waals surface area contributed by atoms with Crippen molar-refractivity contribution in [1.29, 1.82) is 0 Å². The average molecular weight is 345 g/mol. The highest BCUT2D eigenvalue weighted by molar-refractivity contribution is 7.91. The molecule has 0 bridgehead atoms. The first kappa shape index (κ1) is 16.2. The van der Waals surface area contributed by atoms with E-state index in [0.29, 0.717) is 5.56 Å². The maximum Gasteiger partial charge on any atom is 0.346 e. The third kappa shape index (κ3) is 3.52. The quantitative estimate of drug-likeness (QED) is 0.873. The molecule has 2 aromatic heterocycles. The molecule has 5 nitrogen and oxygen atoms in total. The Morgan fingerprint density at radius 1 is 1.19 bits per heavy atom. The van der Waals surface area contributed by atoms with E-state index in [1.54, 1.807) is 18.3 Å². The van der Waals surface area contributed by atoms with E-state index in [4.69, 9.17) is 5.11 Å². The van der Waals surface area contributed by atoms with Crippen LogP contribution in [0.2, 0.25) is 0 Å². The van der Waals surface area contributed by atoms with Gasteiger partial charge < -0.3 is 5.11 Å². The number of thiophene rings is 2.